The zero-order chi connectivity index (χ0) is 18.7. The van der Waals surface area contributed by atoms with E-state index in [-0.39, 0.29) is 11.3 Å². The van der Waals surface area contributed by atoms with E-state index in [1.807, 2.05) is 38.1 Å². The Morgan fingerprint density at radius 3 is 2.58 bits per heavy atom. The summed E-state index contributed by atoms with van der Waals surface area (Å²) in [5, 5.41) is 10.8. The minimum Gasteiger partial charge on any atom is -0.507 e. The maximum Gasteiger partial charge on any atom is 0.295 e. The number of aliphatic hydroxyl groups is 1. The first-order valence-electron chi connectivity index (χ1n) is 8.80. The van der Waals surface area contributed by atoms with Gasteiger partial charge < -0.3 is 10.0 Å². The molecule has 0 saturated carbocycles. The number of likely N-dealkylation sites (tertiary alicyclic amines) is 1. The number of unbranched alkanes of at least 4 members (excludes halogenated alkanes) is 1. The van der Waals surface area contributed by atoms with Gasteiger partial charge in [-0.1, -0.05) is 43.2 Å². The zero-order valence-corrected chi connectivity index (χ0v) is 15.0. The number of rotatable bonds is 5. The van der Waals surface area contributed by atoms with E-state index >= 15 is 0 Å². The highest BCUT2D eigenvalue weighted by molar-refractivity contribution is 6.46. The largest absolute Gasteiger partial charge is 0.507 e. The van der Waals surface area contributed by atoms with E-state index in [9.17, 15) is 14.7 Å². The third kappa shape index (κ3) is 3.25. The molecule has 3 rings (SSSR count). The lowest BCUT2D eigenvalue weighted by molar-refractivity contribution is -0.139. The fourth-order valence-corrected chi connectivity index (χ4v) is 3.29. The van der Waals surface area contributed by atoms with Gasteiger partial charge in [-0.2, -0.15) is 0 Å². The van der Waals surface area contributed by atoms with Crippen LogP contribution < -0.4 is 0 Å². The van der Waals surface area contributed by atoms with Gasteiger partial charge in [-0.25, -0.2) is 0 Å². The van der Waals surface area contributed by atoms with Gasteiger partial charge in [-0.15, -0.1) is 0 Å². The Hall–Kier alpha value is -2.95. The molecular formula is C21H22N2O3. The van der Waals surface area contributed by atoms with Crippen molar-refractivity contribution in [3.05, 3.63) is 71.1 Å². The van der Waals surface area contributed by atoms with Gasteiger partial charge in [0.25, 0.3) is 11.7 Å². The normalized spacial score (nSPS) is 19.2. The van der Waals surface area contributed by atoms with Gasteiger partial charge in [0.1, 0.15) is 5.76 Å². The molecule has 5 heteroatoms. The van der Waals surface area contributed by atoms with Crippen molar-refractivity contribution < 1.29 is 14.7 Å². The predicted molar refractivity (Wildman–Crippen MR) is 99.3 cm³/mol. The number of aromatic nitrogens is 1. The lowest BCUT2D eigenvalue weighted by atomic mass is 9.94. The van der Waals surface area contributed by atoms with Crippen LogP contribution in [0.5, 0.6) is 0 Å². The van der Waals surface area contributed by atoms with Gasteiger partial charge >= 0.3 is 0 Å². The van der Waals surface area contributed by atoms with Crippen molar-refractivity contribution >= 4 is 17.4 Å². The number of amides is 1. The summed E-state index contributed by atoms with van der Waals surface area (Å²) in [4.78, 5) is 30.9. The second-order valence-corrected chi connectivity index (χ2v) is 6.50. The van der Waals surface area contributed by atoms with Crippen molar-refractivity contribution in [2.75, 3.05) is 6.54 Å². The molecule has 1 amide bonds. The number of carbonyl (C=O) groups is 2. The molecule has 26 heavy (non-hydrogen) atoms. The van der Waals surface area contributed by atoms with E-state index < -0.39 is 17.7 Å². The number of hydrogen-bond acceptors (Lipinski definition) is 4. The van der Waals surface area contributed by atoms with E-state index in [0.29, 0.717) is 12.1 Å². The summed E-state index contributed by atoms with van der Waals surface area (Å²) < 4.78 is 0. The molecule has 1 unspecified atom stereocenters. The Balaban J connectivity index is 2.16. The smallest absolute Gasteiger partial charge is 0.295 e. The second-order valence-electron chi connectivity index (χ2n) is 6.50. The Kier molecular flexibility index (Phi) is 5.16. The van der Waals surface area contributed by atoms with Crippen LogP contribution in [-0.4, -0.2) is 33.2 Å². The first kappa shape index (κ1) is 17.9. The quantitative estimate of drug-likeness (QED) is 0.508. The lowest BCUT2D eigenvalue weighted by Gasteiger charge is -2.25. The van der Waals surface area contributed by atoms with Crippen molar-refractivity contribution in [1.82, 2.24) is 9.88 Å². The van der Waals surface area contributed by atoms with E-state index in [0.717, 1.165) is 24.0 Å². The Labute approximate surface area is 153 Å². The van der Waals surface area contributed by atoms with Gasteiger partial charge in [0.05, 0.1) is 11.6 Å². The molecule has 2 aromatic rings. The molecule has 1 N–H and O–H groups in total. The Morgan fingerprint density at radius 2 is 1.92 bits per heavy atom. The van der Waals surface area contributed by atoms with Gasteiger partial charge in [0, 0.05) is 24.5 Å². The molecule has 1 aliphatic heterocycles. The third-order valence-corrected chi connectivity index (χ3v) is 4.60. The van der Waals surface area contributed by atoms with Crippen LogP contribution in [0.25, 0.3) is 5.76 Å². The first-order valence-corrected chi connectivity index (χ1v) is 8.80. The summed E-state index contributed by atoms with van der Waals surface area (Å²) in [5.41, 5.74) is 2.48. The zero-order valence-electron chi connectivity index (χ0n) is 15.0. The summed E-state index contributed by atoms with van der Waals surface area (Å²) in [6.45, 7) is 4.48. The van der Waals surface area contributed by atoms with Crippen molar-refractivity contribution in [3.8, 4) is 0 Å². The molecule has 0 bridgehead atoms. The van der Waals surface area contributed by atoms with E-state index in [4.69, 9.17) is 0 Å². The second kappa shape index (κ2) is 7.52. The molecular weight excluding hydrogens is 328 g/mol. The van der Waals surface area contributed by atoms with Gasteiger partial charge in [-0.3, -0.25) is 14.6 Å². The van der Waals surface area contributed by atoms with Crippen LogP contribution in [0.3, 0.4) is 0 Å². The molecule has 1 aliphatic rings. The molecule has 1 saturated heterocycles. The van der Waals surface area contributed by atoms with Crippen LogP contribution in [0.2, 0.25) is 0 Å². The highest BCUT2D eigenvalue weighted by Crippen LogP contribution is 2.39. The van der Waals surface area contributed by atoms with Crippen molar-refractivity contribution in [2.24, 2.45) is 0 Å². The summed E-state index contributed by atoms with van der Waals surface area (Å²) in [6, 6.07) is 10.4. The van der Waals surface area contributed by atoms with Gasteiger partial charge in [0.2, 0.25) is 0 Å². The van der Waals surface area contributed by atoms with Crippen molar-refractivity contribution in [3.63, 3.8) is 0 Å². The average Bonchev–Trinajstić information content (AvgIpc) is 2.91. The van der Waals surface area contributed by atoms with Crippen LogP contribution in [0, 0.1) is 6.92 Å². The number of nitrogens with zero attached hydrogens (tertiary/aromatic N) is 2. The number of aliphatic hydroxyl groups excluding tert-OH is 1. The van der Waals surface area contributed by atoms with E-state index in [2.05, 4.69) is 4.98 Å². The molecule has 5 nitrogen and oxygen atoms in total. The lowest BCUT2D eigenvalue weighted by Crippen LogP contribution is -2.30. The number of ketones is 1. The maximum atomic E-state index is 12.7. The van der Waals surface area contributed by atoms with Crippen LogP contribution in [-0.2, 0) is 9.59 Å². The monoisotopic (exact) mass is 350 g/mol. The number of carbonyl (C=O) groups excluding carboxylic acids is 2. The summed E-state index contributed by atoms with van der Waals surface area (Å²) in [7, 11) is 0. The van der Waals surface area contributed by atoms with Crippen LogP contribution in [0.15, 0.2) is 54.4 Å². The number of aryl methyl sites for hydroxylation is 1. The minimum absolute atomic E-state index is 0.142. The first-order chi connectivity index (χ1) is 12.5. The molecule has 0 aliphatic carbocycles. The molecule has 0 radical (unpaired) electrons. The number of Topliss-reactive ketones (excluding diaryl/α,β-unsaturated/α-hetero) is 1. The summed E-state index contributed by atoms with van der Waals surface area (Å²) in [6.07, 6.45) is 4.80. The standard InChI is InChI=1S/C21H22N2O3/c1-3-4-12-23-18(16-7-5-6-14(2)13-16)17(20(25)21(23)26)19(24)15-8-10-22-11-9-15/h5-11,13,18,24H,3-4,12H2,1-2H3/b19-17-. The van der Waals surface area contributed by atoms with E-state index in [1.165, 1.54) is 0 Å². The molecule has 0 spiro atoms. The molecule has 1 atom stereocenters. The number of hydrogen-bond donors (Lipinski definition) is 1. The van der Waals surface area contributed by atoms with Crippen LogP contribution >= 0.6 is 0 Å². The van der Waals surface area contributed by atoms with Crippen molar-refractivity contribution in [1.29, 1.82) is 0 Å². The predicted octanol–water partition coefficient (Wildman–Crippen LogP) is 3.61. The maximum absolute atomic E-state index is 12.7. The van der Waals surface area contributed by atoms with Crippen LogP contribution in [0.4, 0.5) is 0 Å². The van der Waals surface area contributed by atoms with Crippen LogP contribution in [0.1, 0.15) is 42.5 Å². The fourth-order valence-electron chi connectivity index (χ4n) is 3.29. The number of benzene rings is 1. The third-order valence-electron chi connectivity index (χ3n) is 4.60. The molecule has 1 aromatic heterocycles. The number of pyridine rings is 1. The Bertz CT molecular complexity index is 859. The SMILES string of the molecule is CCCCN1C(=O)C(=O)/C(=C(\O)c2ccncc2)C1c1cccc(C)c1. The van der Waals surface area contributed by atoms with Crippen molar-refractivity contribution in [2.45, 2.75) is 32.7 Å². The average molecular weight is 350 g/mol. The topological polar surface area (TPSA) is 70.5 Å². The summed E-state index contributed by atoms with van der Waals surface area (Å²) in [5.74, 6) is -1.35. The highest BCUT2D eigenvalue weighted by Gasteiger charge is 2.45. The molecule has 134 valence electrons. The fraction of sp³-hybridized carbons (Fsp3) is 0.286. The molecule has 1 fully saturated rings. The highest BCUT2D eigenvalue weighted by atomic mass is 16.3. The van der Waals surface area contributed by atoms with Gasteiger partial charge in [-0.05, 0) is 31.0 Å². The molecule has 2 heterocycles. The Morgan fingerprint density at radius 1 is 1.19 bits per heavy atom. The minimum atomic E-state index is -0.637. The summed E-state index contributed by atoms with van der Waals surface area (Å²) >= 11 is 0. The van der Waals surface area contributed by atoms with Gasteiger partial charge in [0.15, 0.2) is 0 Å². The molecule has 1 aromatic carbocycles. The van der Waals surface area contributed by atoms with E-state index in [1.54, 1.807) is 29.4 Å².